The monoisotopic (exact) mass is 903 g/mol. The fourth-order valence-electron chi connectivity index (χ4n) is 5.50. The number of fused-ring (bicyclic) bond motifs is 2. The summed E-state index contributed by atoms with van der Waals surface area (Å²) in [6.07, 6.45) is 5.89. The van der Waals surface area contributed by atoms with Crippen LogP contribution in [0.1, 0.15) is 36.1 Å². The number of anilines is 4. The van der Waals surface area contributed by atoms with Crippen molar-refractivity contribution in [1.82, 2.24) is 9.44 Å². The fourth-order valence-corrected chi connectivity index (χ4v) is 7.01. The molecular formula is C38H36CrN8NaO10S2+. The molecule has 6 rings (SSSR count). The van der Waals surface area contributed by atoms with E-state index in [0.717, 1.165) is 0 Å². The van der Waals surface area contributed by atoms with Gasteiger partial charge in [0.15, 0.2) is 0 Å². The SMILES string of the molecule is CNS(=O)(=O)c1ccc(O)c(N/N=C2\C(=O)C=Cc3cccc(NC(C)=O)c32)c1.CNS(=O)(=O)c1ccc(O)c(N/N=C2\C(=O)C=Cc3cccc(NC(C)=O)c32)c1.[Cr].[Na+]. The number of amides is 2. The molecule has 0 aromatic heterocycles. The third kappa shape index (κ3) is 11.4. The van der Waals surface area contributed by atoms with Crippen LogP contribution in [0.15, 0.2) is 105 Å². The number of phenolic OH excluding ortho intramolecular Hbond substituents is 2. The number of rotatable bonds is 10. The van der Waals surface area contributed by atoms with E-state index in [9.17, 15) is 46.2 Å². The van der Waals surface area contributed by atoms with E-state index in [-0.39, 0.29) is 103 Å². The maximum atomic E-state index is 12.4. The molecule has 4 aromatic rings. The second-order valence-electron chi connectivity index (χ2n) is 12.2. The van der Waals surface area contributed by atoms with Crippen LogP contribution in [0, 0.1) is 0 Å². The predicted octanol–water partition coefficient (Wildman–Crippen LogP) is 0.343. The summed E-state index contributed by atoms with van der Waals surface area (Å²) in [6.45, 7) is 2.70. The van der Waals surface area contributed by atoms with E-state index < -0.39 is 31.6 Å². The number of allylic oxidation sites excluding steroid dienone is 2. The first-order valence-electron chi connectivity index (χ1n) is 16.9. The van der Waals surface area contributed by atoms with Gasteiger partial charge >= 0.3 is 29.6 Å². The summed E-state index contributed by atoms with van der Waals surface area (Å²) in [5.41, 5.74) is 8.10. The molecule has 0 radical (unpaired) electrons. The quantitative estimate of drug-likeness (QED) is 0.0609. The standard InChI is InChI=1S/2C19H18N4O5S.Cr.Na/c2*1-11(24)21-14-5-3-4-12-6-8-17(26)19(18(12)14)23-22-15-10-13(7-9-16(15)25)29(27,28)20-2;;/h2*3-10,20,22,25H,1-2H3,(H,21,24);;/q;;;+1/b2*23-19+;;. The second-order valence-corrected chi connectivity index (χ2v) is 16.0. The number of nitrogens with one attached hydrogen (secondary N) is 6. The van der Waals surface area contributed by atoms with Crippen LogP contribution in [0.4, 0.5) is 22.7 Å². The Balaban J connectivity index is 0.000000310. The zero-order valence-corrected chi connectivity index (χ0v) is 37.4. The van der Waals surface area contributed by atoms with Crippen molar-refractivity contribution in [2.24, 2.45) is 10.2 Å². The number of benzene rings is 4. The Labute approximate surface area is 377 Å². The van der Waals surface area contributed by atoms with Crippen LogP contribution in [-0.4, -0.2) is 75.9 Å². The Morgan fingerprint density at radius 2 is 0.933 bits per heavy atom. The van der Waals surface area contributed by atoms with Crippen LogP contribution < -0.4 is 60.5 Å². The van der Waals surface area contributed by atoms with E-state index in [1.165, 1.54) is 76.5 Å². The average Bonchev–Trinajstić information content (AvgIpc) is 3.18. The topological polar surface area (TPSA) is 274 Å². The van der Waals surface area contributed by atoms with Crippen molar-refractivity contribution < 1.29 is 93.1 Å². The number of sulfonamides is 2. The normalized spacial score (nSPS) is 14.1. The molecule has 60 heavy (non-hydrogen) atoms. The van der Waals surface area contributed by atoms with Crippen LogP contribution in [0.25, 0.3) is 12.2 Å². The predicted molar refractivity (Wildman–Crippen MR) is 219 cm³/mol. The molecule has 0 spiro atoms. The molecule has 0 unspecified atom stereocenters. The van der Waals surface area contributed by atoms with Gasteiger partial charge in [0.25, 0.3) is 0 Å². The largest absolute Gasteiger partial charge is 1.00 e. The van der Waals surface area contributed by atoms with Crippen molar-refractivity contribution in [3.05, 3.63) is 107 Å². The van der Waals surface area contributed by atoms with Gasteiger partial charge in [-0.2, -0.15) is 10.2 Å². The number of carbonyl (C=O) groups is 4. The molecule has 0 atom stereocenters. The number of hydrazone groups is 2. The molecule has 0 saturated heterocycles. The zero-order chi connectivity index (χ0) is 42.4. The van der Waals surface area contributed by atoms with Gasteiger partial charge in [0.2, 0.25) is 43.4 Å². The molecule has 18 nitrogen and oxygen atoms in total. The number of phenols is 2. The molecule has 2 aliphatic carbocycles. The van der Waals surface area contributed by atoms with Crippen LogP contribution in [0.3, 0.4) is 0 Å². The molecular weight excluding hydrogens is 868 g/mol. The number of nitrogens with zero attached hydrogens (tertiary/aromatic N) is 2. The molecule has 306 valence electrons. The van der Waals surface area contributed by atoms with Crippen LogP contribution in [0.2, 0.25) is 0 Å². The Morgan fingerprint density at radius 3 is 1.27 bits per heavy atom. The number of carbonyl (C=O) groups excluding carboxylic acids is 4. The maximum Gasteiger partial charge on any atom is 1.00 e. The van der Waals surface area contributed by atoms with E-state index in [4.69, 9.17) is 0 Å². The van der Waals surface area contributed by atoms with Crippen molar-refractivity contribution in [1.29, 1.82) is 0 Å². The summed E-state index contributed by atoms with van der Waals surface area (Å²) in [7, 11) is -4.94. The van der Waals surface area contributed by atoms with Gasteiger partial charge in [-0.05, 0) is 85.9 Å². The van der Waals surface area contributed by atoms with Crippen molar-refractivity contribution in [2.45, 2.75) is 23.6 Å². The summed E-state index contributed by atoms with van der Waals surface area (Å²) in [6, 6.07) is 17.5. The summed E-state index contributed by atoms with van der Waals surface area (Å²) >= 11 is 0. The van der Waals surface area contributed by atoms with Crippen molar-refractivity contribution in [3.63, 3.8) is 0 Å². The Kier molecular flexibility index (Phi) is 16.8. The first-order chi connectivity index (χ1) is 27.4. The molecule has 2 aliphatic rings. The minimum absolute atomic E-state index is 0. The maximum absolute atomic E-state index is 12.4. The molecule has 0 heterocycles. The van der Waals surface area contributed by atoms with Crippen molar-refractivity contribution >= 4 is 89.8 Å². The number of hydrogen-bond donors (Lipinski definition) is 8. The van der Waals surface area contributed by atoms with E-state index in [2.05, 4.69) is 41.1 Å². The van der Waals surface area contributed by atoms with E-state index >= 15 is 0 Å². The van der Waals surface area contributed by atoms with Gasteiger partial charge in [-0.25, -0.2) is 26.3 Å². The molecule has 0 aliphatic heterocycles. The van der Waals surface area contributed by atoms with Gasteiger partial charge in [0.05, 0.1) is 32.5 Å². The fraction of sp³-hybridized carbons (Fsp3) is 0.105. The van der Waals surface area contributed by atoms with E-state index in [1.807, 2.05) is 0 Å². The van der Waals surface area contributed by atoms with Gasteiger partial charge in [0.1, 0.15) is 22.9 Å². The molecule has 4 aromatic carbocycles. The minimum atomic E-state index is -3.74. The third-order valence-electron chi connectivity index (χ3n) is 8.25. The van der Waals surface area contributed by atoms with Gasteiger partial charge in [-0.1, -0.05) is 36.4 Å². The number of aromatic hydroxyl groups is 2. The molecule has 2 amide bonds. The molecule has 8 N–H and O–H groups in total. The Bertz CT molecular complexity index is 2540. The summed E-state index contributed by atoms with van der Waals surface area (Å²) < 4.78 is 52.3. The van der Waals surface area contributed by atoms with Crippen molar-refractivity contribution in [2.75, 3.05) is 35.6 Å². The number of hydrogen-bond acceptors (Lipinski definition) is 14. The van der Waals surface area contributed by atoms with Gasteiger partial charge in [-0.3, -0.25) is 30.0 Å². The molecule has 0 bridgehead atoms. The van der Waals surface area contributed by atoms with Gasteiger partial charge in [0, 0.05) is 42.3 Å². The van der Waals surface area contributed by atoms with Crippen LogP contribution in [-0.2, 0) is 56.6 Å². The first-order valence-corrected chi connectivity index (χ1v) is 19.9. The summed E-state index contributed by atoms with van der Waals surface area (Å²) in [4.78, 5) is 47.7. The van der Waals surface area contributed by atoms with E-state index in [1.54, 1.807) is 48.6 Å². The summed E-state index contributed by atoms with van der Waals surface area (Å²) in [5, 5.41) is 33.6. The second kappa shape index (κ2) is 20.7. The van der Waals surface area contributed by atoms with Gasteiger partial charge in [-0.15, -0.1) is 0 Å². The molecule has 22 heteroatoms. The zero-order valence-electron chi connectivity index (χ0n) is 32.5. The minimum Gasteiger partial charge on any atom is -0.506 e. The number of ketones is 2. The van der Waals surface area contributed by atoms with Crippen molar-refractivity contribution in [3.8, 4) is 11.5 Å². The smallest absolute Gasteiger partial charge is 0.506 e. The Hall–Kier alpha value is -5.47. The molecule has 0 saturated carbocycles. The third-order valence-corrected chi connectivity index (χ3v) is 11.1. The van der Waals surface area contributed by atoms with Gasteiger partial charge < -0.3 is 20.8 Å². The molecule has 0 fully saturated rings. The average molecular weight is 904 g/mol. The van der Waals surface area contributed by atoms with E-state index in [0.29, 0.717) is 33.6 Å². The van der Waals surface area contributed by atoms with Crippen LogP contribution >= 0.6 is 0 Å². The van der Waals surface area contributed by atoms with Crippen LogP contribution in [0.5, 0.6) is 11.5 Å². The summed E-state index contributed by atoms with van der Waals surface area (Å²) in [5.74, 6) is -1.95. The Morgan fingerprint density at radius 1 is 0.567 bits per heavy atom. The first kappa shape index (κ1) is 48.9.